The van der Waals surface area contributed by atoms with Crippen molar-refractivity contribution in [2.45, 2.75) is 42.4 Å². The topological polar surface area (TPSA) is 69.4 Å². The average Bonchev–Trinajstić information content (AvgIpc) is 2.62. The van der Waals surface area contributed by atoms with Crippen LogP contribution in [0.5, 0.6) is 0 Å². The van der Waals surface area contributed by atoms with E-state index in [9.17, 15) is 0 Å². The summed E-state index contributed by atoms with van der Waals surface area (Å²) in [6.45, 7) is 0.925. The highest BCUT2D eigenvalue weighted by Crippen LogP contribution is 2.31. The SMILES string of the molecule is Clc1nnc(Cl)c(Sc2nnc3n2CCCCC3)n1. The zero-order valence-electron chi connectivity index (χ0n) is 9.88. The fourth-order valence-corrected chi connectivity index (χ4v) is 3.15. The lowest BCUT2D eigenvalue weighted by Crippen LogP contribution is -2.02. The van der Waals surface area contributed by atoms with E-state index in [0.29, 0.717) is 5.03 Å². The van der Waals surface area contributed by atoms with E-state index in [2.05, 4.69) is 29.9 Å². The van der Waals surface area contributed by atoms with Crippen molar-refractivity contribution in [2.24, 2.45) is 0 Å². The summed E-state index contributed by atoms with van der Waals surface area (Å²) >= 11 is 13.0. The Bertz CT molecular complexity index is 602. The second kappa shape index (κ2) is 5.60. The monoisotopic (exact) mass is 316 g/mol. The van der Waals surface area contributed by atoms with Gasteiger partial charge in [0.25, 0.3) is 0 Å². The van der Waals surface area contributed by atoms with E-state index in [-0.39, 0.29) is 10.4 Å². The quantitative estimate of drug-likeness (QED) is 0.848. The molecule has 9 heteroatoms. The number of aromatic nitrogens is 6. The van der Waals surface area contributed by atoms with Crippen LogP contribution in [0.1, 0.15) is 25.1 Å². The first kappa shape index (κ1) is 13.1. The van der Waals surface area contributed by atoms with Crippen LogP contribution in [0.3, 0.4) is 0 Å². The van der Waals surface area contributed by atoms with Crippen molar-refractivity contribution in [3.05, 3.63) is 16.3 Å². The van der Waals surface area contributed by atoms with Gasteiger partial charge in [-0.3, -0.25) is 0 Å². The molecule has 1 aliphatic heterocycles. The van der Waals surface area contributed by atoms with Crippen LogP contribution >= 0.6 is 35.0 Å². The Morgan fingerprint density at radius 3 is 2.79 bits per heavy atom. The van der Waals surface area contributed by atoms with Crippen LogP contribution < -0.4 is 0 Å². The van der Waals surface area contributed by atoms with Gasteiger partial charge < -0.3 is 4.57 Å². The van der Waals surface area contributed by atoms with Gasteiger partial charge in [-0.2, -0.15) is 0 Å². The van der Waals surface area contributed by atoms with E-state index in [4.69, 9.17) is 23.2 Å². The highest BCUT2D eigenvalue weighted by atomic mass is 35.5. The fourth-order valence-electron chi connectivity index (χ4n) is 1.97. The Kier molecular flexibility index (Phi) is 3.86. The van der Waals surface area contributed by atoms with E-state index in [1.807, 2.05) is 0 Å². The normalized spacial score (nSPS) is 15.1. The van der Waals surface area contributed by atoms with Crippen molar-refractivity contribution in [3.63, 3.8) is 0 Å². The maximum atomic E-state index is 5.96. The number of fused-ring (bicyclic) bond motifs is 1. The molecular formula is C10H10Cl2N6S. The lowest BCUT2D eigenvalue weighted by molar-refractivity contribution is 0.590. The minimum Gasteiger partial charge on any atom is -0.306 e. The molecule has 2 aromatic heterocycles. The molecule has 0 atom stereocenters. The molecule has 0 amide bonds. The zero-order chi connectivity index (χ0) is 13.2. The summed E-state index contributed by atoms with van der Waals surface area (Å²) in [7, 11) is 0. The van der Waals surface area contributed by atoms with E-state index in [1.54, 1.807) is 0 Å². The molecule has 0 aromatic carbocycles. The van der Waals surface area contributed by atoms with Crippen molar-refractivity contribution in [2.75, 3.05) is 0 Å². The standard InChI is InChI=1S/C10H10Cl2N6S/c11-7-8(13-9(12)16-15-7)19-10-17-14-6-4-2-1-3-5-18(6)10/h1-5H2. The molecule has 0 saturated heterocycles. The van der Waals surface area contributed by atoms with Crippen molar-refractivity contribution in [1.82, 2.24) is 29.9 Å². The largest absolute Gasteiger partial charge is 0.306 e. The Balaban J connectivity index is 1.91. The van der Waals surface area contributed by atoms with E-state index in [0.717, 1.165) is 36.8 Å². The maximum absolute atomic E-state index is 5.96. The Hall–Kier alpha value is -0.920. The van der Waals surface area contributed by atoms with Gasteiger partial charge in [0.05, 0.1) is 0 Å². The molecule has 1 aliphatic rings. The molecule has 0 unspecified atom stereocenters. The highest BCUT2D eigenvalue weighted by Gasteiger charge is 2.18. The minimum atomic E-state index is 0.0718. The lowest BCUT2D eigenvalue weighted by atomic mass is 10.2. The smallest absolute Gasteiger partial charge is 0.244 e. The van der Waals surface area contributed by atoms with Crippen LogP contribution in [0.2, 0.25) is 10.4 Å². The molecule has 6 nitrogen and oxygen atoms in total. The summed E-state index contributed by atoms with van der Waals surface area (Å²) < 4.78 is 2.12. The molecule has 3 rings (SSSR count). The molecule has 0 N–H and O–H groups in total. The van der Waals surface area contributed by atoms with Crippen molar-refractivity contribution >= 4 is 35.0 Å². The average molecular weight is 317 g/mol. The first-order chi connectivity index (χ1) is 9.24. The molecule has 3 heterocycles. The molecule has 0 radical (unpaired) electrons. The molecule has 2 aromatic rings. The summed E-state index contributed by atoms with van der Waals surface area (Å²) in [6, 6.07) is 0. The molecule has 0 fully saturated rings. The minimum absolute atomic E-state index is 0.0718. The first-order valence-corrected chi connectivity index (χ1v) is 7.47. The molecule has 0 saturated carbocycles. The molecule has 100 valence electrons. The van der Waals surface area contributed by atoms with Crippen molar-refractivity contribution < 1.29 is 0 Å². The molecular weight excluding hydrogens is 307 g/mol. The van der Waals surface area contributed by atoms with Gasteiger partial charge in [0.2, 0.25) is 5.28 Å². The van der Waals surface area contributed by atoms with E-state index < -0.39 is 0 Å². The van der Waals surface area contributed by atoms with Gasteiger partial charge in [0, 0.05) is 13.0 Å². The fraction of sp³-hybridized carbons (Fsp3) is 0.500. The second-order valence-corrected chi connectivity index (χ2v) is 5.79. The molecule has 0 aliphatic carbocycles. The first-order valence-electron chi connectivity index (χ1n) is 5.89. The van der Waals surface area contributed by atoms with Gasteiger partial charge in [0.15, 0.2) is 10.3 Å². The zero-order valence-corrected chi connectivity index (χ0v) is 12.2. The van der Waals surface area contributed by atoms with Crippen molar-refractivity contribution in [3.8, 4) is 0 Å². The Labute approximate surface area is 123 Å². The van der Waals surface area contributed by atoms with E-state index >= 15 is 0 Å². The van der Waals surface area contributed by atoms with Crippen LogP contribution in [0.25, 0.3) is 0 Å². The summed E-state index contributed by atoms with van der Waals surface area (Å²) in [5.74, 6) is 1.02. The predicted molar refractivity (Wildman–Crippen MR) is 71.5 cm³/mol. The summed E-state index contributed by atoms with van der Waals surface area (Å²) in [4.78, 5) is 4.06. The molecule has 0 bridgehead atoms. The van der Waals surface area contributed by atoms with Gasteiger partial charge in [-0.05, 0) is 36.2 Å². The summed E-state index contributed by atoms with van der Waals surface area (Å²) in [6.07, 6.45) is 4.47. The number of rotatable bonds is 2. The van der Waals surface area contributed by atoms with Gasteiger partial charge in [-0.25, -0.2) is 4.98 Å². The van der Waals surface area contributed by atoms with Crippen LogP contribution in [-0.4, -0.2) is 29.9 Å². The Morgan fingerprint density at radius 2 is 1.89 bits per heavy atom. The van der Waals surface area contributed by atoms with Gasteiger partial charge >= 0.3 is 0 Å². The summed E-state index contributed by atoms with van der Waals surface area (Å²) in [5, 5.41) is 17.3. The predicted octanol–water partition coefficient (Wildman–Crippen LogP) is 2.65. The second-order valence-electron chi connectivity index (χ2n) is 4.14. The number of halogens is 2. The third kappa shape index (κ3) is 2.82. The van der Waals surface area contributed by atoms with Crippen LogP contribution in [0, 0.1) is 0 Å². The lowest BCUT2D eigenvalue weighted by Gasteiger charge is -2.06. The van der Waals surface area contributed by atoms with Crippen LogP contribution in [-0.2, 0) is 13.0 Å². The maximum Gasteiger partial charge on any atom is 0.244 e. The number of nitrogens with zero attached hydrogens (tertiary/aromatic N) is 6. The van der Waals surface area contributed by atoms with Crippen molar-refractivity contribution in [1.29, 1.82) is 0 Å². The van der Waals surface area contributed by atoms with E-state index in [1.165, 1.54) is 18.2 Å². The Morgan fingerprint density at radius 1 is 1.00 bits per heavy atom. The highest BCUT2D eigenvalue weighted by molar-refractivity contribution is 7.99. The van der Waals surface area contributed by atoms with Crippen LogP contribution in [0.4, 0.5) is 0 Å². The molecule has 19 heavy (non-hydrogen) atoms. The van der Waals surface area contributed by atoms with Crippen LogP contribution in [0.15, 0.2) is 10.2 Å². The third-order valence-corrected chi connectivity index (χ3v) is 4.34. The van der Waals surface area contributed by atoms with Gasteiger partial charge in [-0.15, -0.1) is 20.4 Å². The third-order valence-electron chi connectivity index (χ3n) is 2.85. The van der Waals surface area contributed by atoms with Gasteiger partial charge in [0.1, 0.15) is 10.9 Å². The number of hydrogen-bond acceptors (Lipinski definition) is 6. The number of hydrogen-bond donors (Lipinski definition) is 0. The van der Waals surface area contributed by atoms with Gasteiger partial charge in [-0.1, -0.05) is 18.0 Å². The summed E-state index contributed by atoms with van der Waals surface area (Å²) in [5.41, 5.74) is 0. The molecule has 0 spiro atoms. The number of aryl methyl sites for hydroxylation is 1.